The minimum atomic E-state index is 1.11. The minimum Gasteiger partial charge on any atom is -0.388 e. The topological polar surface area (TPSA) is 24.9 Å². The highest BCUT2D eigenvalue weighted by atomic mass is 14.8. The van der Waals surface area contributed by atoms with Gasteiger partial charge in [0.25, 0.3) is 0 Å². The molecule has 0 saturated carbocycles. The Hall–Kier alpha value is -2.35. The number of anilines is 1. The molecule has 2 heteroatoms. The van der Waals surface area contributed by atoms with Gasteiger partial charge in [-0.25, -0.2) is 0 Å². The summed E-state index contributed by atoms with van der Waals surface area (Å²) >= 11 is 0. The third-order valence-electron chi connectivity index (χ3n) is 3.16. The molecule has 0 aliphatic rings. The Bertz CT molecular complexity index is 675. The fourth-order valence-electron chi connectivity index (χ4n) is 2.26. The average molecular weight is 234 g/mol. The standard InChI is InChI=1S/C16H14N2/c1-17-16-9-5-8-13-14(10-18-11-15(13)16)12-6-3-2-4-7-12/h2-11,17H,1H3. The molecule has 0 unspecified atom stereocenters. The van der Waals surface area contributed by atoms with Crippen molar-refractivity contribution in [3.8, 4) is 11.1 Å². The molecule has 0 aliphatic heterocycles. The van der Waals surface area contributed by atoms with E-state index in [9.17, 15) is 0 Å². The van der Waals surface area contributed by atoms with Gasteiger partial charge in [0, 0.05) is 36.1 Å². The van der Waals surface area contributed by atoms with E-state index < -0.39 is 0 Å². The van der Waals surface area contributed by atoms with E-state index in [1.807, 2.05) is 25.5 Å². The first kappa shape index (κ1) is 10.8. The Morgan fingerprint density at radius 1 is 0.833 bits per heavy atom. The number of hydrogen-bond acceptors (Lipinski definition) is 2. The van der Waals surface area contributed by atoms with Gasteiger partial charge < -0.3 is 5.32 Å². The molecule has 1 N–H and O–H groups in total. The highest BCUT2D eigenvalue weighted by molar-refractivity contribution is 6.02. The van der Waals surface area contributed by atoms with Crippen LogP contribution in [0.4, 0.5) is 5.69 Å². The lowest BCUT2D eigenvalue weighted by atomic mass is 10.0. The van der Waals surface area contributed by atoms with Crippen LogP contribution in [0.15, 0.2) is 60.9 Å². The molecule has 3 rings (SSSR count). The van der Waals surface area contributed by atoms with Gasteiger partial charge in [0.2, 0.25) is 0 Å². The number of nitrogens with one attached hydrogen (secondary N) is 1. The molecule has 88 valence electrons. The maximum Gasteiger partial charge on any atom is 0.0433 e. The van der Waals surface area contributed by atoms with E-state index in [1.54, 1.807) is 0 Å². The van der Waals surface area contributed by atoms with Crippen LogP contribution in [0.1, 0.15) is 0 Å². The first-order valence-electron chi connectivity index (χ1n) is 6.00. The summed E-state index contributed by atoms with van der Waals surface area (Å²) in [6.45, 7) is 0. The normalized spacial score (nSPS) is 10.5. The predicted molar refractivity (Wildman–Crippen MR) is 76.7 cm³/mol. The van der Waals surface area contributed by atoms with Crippen LogP contribution in [0.5, 0.6) is 0 Å². The Kier molecular flexibility index (Phi) is 2.69. The molecule has 0 radical (unpaired) electrons. The van der Waals surface area contributed by atoms with E-state index in [0.717, 1.165) is 11.1 Å². The third kappa shape index (κ3) is 1.72. The second-order valence-electron chi connectivity index (χ2n) is 4.20. The second kappa shape index (κ2) is 4.49. The van der Waals surface area contributed by atoms with E-state index in [2.05, 4.69) is 52.8 Å². The van der Waals surface area contributed by atoms with E-state index >= 15 is 0 Å². The summed E-state index contributed by atoms with van der Waals surface area (Å²) in [5.41, 5.74) is 3.48. The monoisotopic (exact) mass is 234 g/mol. The molecule has 0 aliphatic carbocycles. The van der Waals surface area contributed by atoms with Crippen molar-refractivity contribution in [3.63, 3.8) is 0 Å². The number of hydrogen-bond donors (Lipinski definition) is 1. The van der Waals surface area contributed by atoms with Crippen molar-refractivity contribution in [2.24, 2.45) is 0 Å². The molecule has 1 aromatic heterocycles. The van der Waals surface area contributed by atoms with Crippen molar-refractivity contribution in [2.45, 2.75) is 0 Å². The van der Waals surface area contributed by atoms with Gasteiger partial charge in [-0.05, 0) is 17.0 Å². The molecule has 0 fully saturated rings. The van der Waals surface area contributed by atoms with E-state index in [0.29, 0.717) is 0 Å². The van der Waals surface area contributed by atoms with Crippen molar-refractivity contribution >= 4 is 16.5 Å². The predicted octanol–water partition coefficient (Wildman–Crippen LogP) is 3.94. The van der Waals surface area contributed by atoms with Gasteiger partial charge in [-0.3, -0.25) is 4.98 Å². The zero-order valence-corrected chi connectivity index (χ0v) is 10.2. The first-order chi connectivity index (χ1) is 8.90. The number of benzene rings is 2. The van der Waals surface area contributed by atoms with Crippen LogP contribution in [0.3, 0.4) is 0 Å². The summed E-state index contributed by atoms with van der Waals surface area (Å²) in [4.78, 5) is 4.36. The molecule has 2 aromatic carbocycles. The molecular weight excluding hydrogens is 220 g/mol. The number of aromatic nitrogens is 1. The van der Waals surface area contributed by atoms with Gasteiger partial charge in [0.1, 0.15) is 0 Å². The smallest absolute Gasteiger partial charge is 0.0433 e. The Morgan fingerprint density at radius 2 is 1.67 bits per heavy atom. The van der Waals surface area contributed by atoms with E-state index in [1.165, 1.54) is 16.5 Å². The van der Waals surface area contributed by atoms with E-state index in [-0.39, 0.29) is 0 Å². The summed E-state index contributed by atoms with van der Waals surface area (Å²) < 4.78 is 0. The van der Waals surface area contributed by atoms with Gasteiger partial charge in [0.15, 0.2) is 0 Å². The summed E-state index contributed by atoms with van der Waals surface area (Å²) in [7, 11) is 1.93. The lowest BCUT2D eigenvalue weighted by Crippen LogP contribution is -1.91. The number of pyridine rings is 1. The molecule has 0 spiro atoms. The minimum absolute atomic E-state index is 1.11. The summed E-state index contributed by atoms with van der Waals surface area (Å²) in [5, 5.41) is 5.59. The molecular formula is C16H14N2. The number of fused-ring (bicyclic) bond motifs is 1. The van der Waals surface area contributed by atoms with Crippen molar-refractivity contribution < 1.29 is 0 Å². The van der Waals surface area contributed by atoms with Crippen molar-refractivity contribution in [1.82, 2.24) is 4.98 Å². The van der Waals surface area contributed by atoms with Crippen LogP contribution >= 0.6 is 0 Å². The molecule has 0 amide bonds. The SMILES string of the molecule is CNc1cccc2c(-c3ccccc3)cncc12. The van der Waals surface area contributed by atoms with Gasteiger partial charge >= 0.3 is 0 Å². The Balaban J connectivity index is 2.32. The van der Waals surface area contributed by atoms with Gasteiger partial charge in [-0.1, -0.05) is 42.5 Å². The zero-order valence-electron chi connectivity index (χ0n) is 10.2. The summed E-state index contributed by atoms with van der Waals surface area (Å²) in [5.74, 6) is 0. The maximum atomic E-state index is 4.36. The first-order valence-corrected chi connectivity index (χ1v) is 6.00. The van der Waals surface area contributed by atoms with Crippen molar-refractivity contribution in [3.05, 3.63) is 60.9 Å². The maximum absolute atomic E-state index is 4.36. The summed E-state index contributed by atoms with van der Waals surface area (Å²) in [6, 6.07) is 16.6. The molecule has 3 aromatic rings. The molecule has 0 atom stereocenters. The van der Waals surface area contributed by atoms with Crippen LogP contribution < -0.4 is 5.32 Å². The Labute approximate surface area is 106 Å². The van der Waals surface area contributed by atoms with Crippen LogP contribution in [0, 0.1) is 0 Å². The highest BCUT2D eigenvalue weighted by Gasteiger charge is 2.06. The van der Waals surface area contributed by atoms with Crippen molar-refractivity contribution in [2.75, 3.05) is 12.4 Å². The summed E-state index contributed by atoms with van der Waals surface area (Å²) in [6.07, 6.45) is 3.84. The number of rotatable bonds is 2. The lowest BCUT2D eigenvalue weighted by Gasteiger charge is -2.09. The largest absolute Gasteiger partial charge is 0.388 e. The molecule has 0 bridgehead atoms. The van der Waals surface area contributed by atoms with Crippen LogP contribution in [0.2, 0.25) is 0 Å². The van der Waals surface area contributed by atoms with Crippen LogP contribution in [-0.2, 0) is 0 Å². The fourth-order valence-corrected chi connectivity index (χ4v) is 2.26. The van der Waals surface area contributed by atoms with Gasteiger partial charge in [-0.2, -0.15) is 0 Å². The second-order valence-corrected chi connectivity index (χ2v) is 4.20. The van der Waals surface area contributed by atoms with Gasteiger partial charge in [-0.15, -0.1) is 0 Å². The lowest BCUT2D eigenvalue weighted by molar-refractivity contribution is 1.36. The van der Waals surface area contributed by atoms with Crippen molar-refractivity contribution in [1.29, 1.82) is 0 Å². The molecule has 0 saturated heterocycles. The highest BCUT2D eigenvalue weighted by Crippen LogP contribution is 2.30. The average Bonchev–Trinajstić information content (AvgIpc) is 2.47. The molecule has 18 heavy (non-hydrogen) atoms. The van der Waals surface area contributed by atoms with Crippen LogP contribution in [-0.4, -0.2) is 12.0 Å². The number of nitrogens with zero attached hydrogens (tertiary/aromatic N) is 1. The Morgan fingerprint density at radius 3 is 2.44 bits per heavy atom. The van der Waals surface area contributed by atoms with Gasteiger partial charge in [0.05, 0.1) is 0 Å². The molecule has 1 heterocycles. The fraction of sp³-hybridized carbons (Fsp3) is 0.0625. The quantitative estimate of drug-likeness (QED) is 0.726. The zero-order chi connectivity index (χ0) is 12.4. The van der Waals surface area contributed by atoms with Crippen LogP contribution in [0.25, 0.3) is 21.9 Å². The molecule has 2 nitrogen and oxygen atoms in total. The van der Waals surface area contributed by atoms with E-state index in [4.69, 9.17) is 0 Å². The third-order valence-corrected chi connectivity index (χ3v) is 3.16.